The van der Waals surface area contributed by atoms with Crippen LogP contribution in [0, 0.1) is 6.92 Å². The highest BCUT2D eigenvalue weighted by atomic mass is 15.2. The van der Waals surface area contributed by atoms with Crippen molar-refractivity contribution in [1.82, 2.24) is 0 Å². The van der Waals surface area contributed by atoms with Crippen molar-refractivity contribution in [1.29, 1.82) is 0 Å². The quantitative estimate of drug-likeness (QED) is 0.0842. The summed E-state index contributed by atoms with van der Waals surface area (Å²) in [6.07, 6.45) is 8.11. The van der Waals surface area contributed by atoms with Crippen LogP contribution in [0.4, 0.5) is 79.6 Å². The molecule has 12 aromatic rings. The third-order valence-corrected chi connectivity index (χ3v) is 15.9. The molecule has 0 saturated heterocycles. The minimum atomic E-state index is 0.240. The van der Waals surface area contributed by atoms with Gasteiger partial charge in [-0.05, 0) is 218 Å². The number of nitrogens with zero attached hydrogens (tertiary/aromatic N) is 5. The Hall–Kier alpha value is -10.6. The van der Waals surface area contributed by atoms with Crippen LogP contribution in [0.2, 0.25) is 0 Å². The first-order valence-electron chi connectivity index (χ1n) is 29.2. The van der Waals surface area contributed by atoms with Gasteiger partial charge >= 0.3 is 0 Å². The second kappa shape index (κ2) is 24.6. The molecule has 0 N–H and O–H groups in total. The molecule has 0 bridgehead atoms. The largest absolute Gasteiger partial charge is 0.335 e. The molecule has 0 heterocycles. The smallest absolute Gasteiger partial charge is 0.0522 e. The Kier molecular flexibility index (Phi) is 15.5. The lowest BCUT2D eigenvalue weighted by Crippen LogP contribution is -2.30. The van der Waals surface area contributed by atoms with Gasteiger partial charge in [-0.2, -0.15) is 0 Å². The fraction of sp³-hybridized carbons (Fsp3) is 0.0633. The molecule has 0 saturated carbocycles. The monoisotopic (exact) mass is 1080 g/mol. The number of rotatable bonds is 17. The maximum atomic E-state index is 2.52. The molecular weight excluding hydrogens is 1020 g/mol. The van der Waals surface area contributed by atoms with E-state index in [0.717, 1.165) is 104 Å². The normalized spacial score (nSPS) is 12.8. The van der Waals surface area contributed by atoms with E-state index in [4.69, 9.17) is 0 Å². The molecule has 0 amide bonds. The number of benzene rings is 12. The van der Waals surface area contributed by atoms with E-state index < -0.39 is 0 Å². The van der Waals surface area contributed by atoms with E-state index in [9.17, 15) is 0 Å². The fourth-order valence-corrected chi connectivity index (χ4v) is 11.6. The van der Waals surface area contributed by atoms with Gasteiger partial charge in [-0.3, -0.25) is 0 Å². The van der Waals surface area contributed by atoms with Gasteiger partial charge in [0.05, 0.1) is 6.04 Å². The number of allylic oxidation sites excluding steroid dienone is 1. The summed E-state index contributed by atoms with van der Waals surface area (Å²) in [4.78, 5) is 11.8. The van der Waals surface area contributed by atoms with Crippen molar-refractivity contribution in [3.8, 4) is 22.3 Å². The second-order valence-electron chi connectivity index (χ2n) is 21.4. The number of hydrogen-bond donors (Lipinski definition) is 0. The van der Waals surface area contributed by atoms with E-state index in [1.807, 2.05) is 0 Å². The van der Waals surface area contributed by atoms with Gasteiger partial charge < -0.3 is 24.5 Å². The molecule has 13 rings (SSSR count). The van der Waals surface area contributed by atoms with Crippen molar-refractivity contribution in [2.45, 2.75) is 32.2 Å². The fourth-order valence-electron chi connectivity index (χ4n) is 11.6. The van der Waals surface area contributed by atoms with Crippen LogP contribution in [0.15, 0.2) is 334 Å². The van der Waals surface area contributed by atoms with E-state index in [-0.39, 0.29) is 6.04 Å². The lowest BCUT2D eigenvalue weighted by atomic mass is 9.99. The first-order chi connectivity index (χ1) is 41.6. The first kappa shape index (κ1) is 52.7. The third-order valence-electron chi connectivity index (χ3n) is 15.9. The van der Waals surface area contributed by atoms with Gasteiger partial charge in [-0.1, -0.05) is 169 Å². The molecule has 0 spiro atoms. The lowest BCUT2D eigenvalue weighted by Gasteiger charge is -2.34. The van der Waals surface area contributed by atoms with E-state index in [0.29, 0.717) is 0 Å². The average Bonchev–Trinajstić information content (AvgIpc) is 3.76. The lowest BCUT2D eigenvalue weighted by molar-refractivity contribution is 0.631. The predicted molar refractivity (Wildman–Crippen MR) is 356 cm³/mol. The molecule has 5 nitrogen and oxygen atoms in total. The number of aryl methyl sites for hydroxylation is 1. The van der Waals surface area contributed by atoms with Gasteiger partial charge in [-0.25, -0.2) is 0 Å². The third kappa shape index (κ3) is 11.5. The Bertz CT molecular complexity index is 3970. The molecule has 5 heteroatoms. The van der Waals surface area contributed by atoms with Crippen LogP contribution in [0.5, 0.6) is 0 Å². The van der Waals surface area contributed by atoms with Crippen LogP contribution < -0.4 is 24.5 Å². The summed E-state index contributed by atoms with van der Waals surface area (Å²) in [6.45, 7) is 2.15. The summed E-state index contributed by atoms with van der Waals surface area (Å²) in [7, 11) is 0. The van der Waals surface area contributed by atoms with E-state index in [1.54, 1.807) is 0 Å². The predicted octanol–water partition coefficient (Wildman–Crippen LogP) is 22.5. The Morgan fingerprint density at radius 3 is 0.702 bits per heavy atom. The SMILES string of the molecule is Cc1ccc(N(c2ccc(N(c3ccccc3)c3ccc(-c4ccc(N(c5ccccc5)c5ccccc5)cc4)cc3)cc2)c2ccc(N(c3ccc(-c4ccc(N(c5ccccc5)c5ccccc5)cc4)cc3)C3C=CCCC3)cc2)cc1. The van der Waals surface area contributed by atoms with Crippen LogP contribution in [-0.2, 0) is 0 Å². The molecule has 12 aromatic carbocycles. The van der Waals surface area contributed by atoms with E-state index in [1.165, 1.54) is 22.4 Å². The topological polar surface area (TPSA) is 16.2 Å². The van der Waals surface area contributed by atoms with E-state index >= 15 is 0 Å². The molecule has 0 radical (unpaired) electrons. The van der Waals surface area contributed by atoms with Gasteiger partial charge in [0.25, 0.3) is 0 Å². The van der Waals surface area contributed by atoms with Crippen LogP contribution >= 0.6 is 0 Å². The molecule has 1 aliphatic rings. The van der Waals surface area contributed by atoms with Crippen molar-refractivity contribution in [2.24, 2.45) is 0 Å². The summed E-state index contributed by atoms with van der Waals surface area (Å²) in [5.41, 5.74) is 21.4. The number of anilines is 14. The van der Waals surface area contributed by atoms with E-state index in [2.05, 4.69) is 365 Å². The number of para-hydroxylation sites is 5. The zero-order valence-electron chi connectivity index (χ0n) is 47.2. The highest BCUT2D eigenvalue weighted by Crippen LogP contribution is 2.43. The van der Waals surface area contributed by atoms with Crippen LogP contribution in [-0.4, -0.2) is 6.04 Å². The maximum absolute atomic E-state index is 2.52. The summed E-state index contributed by atoms with van der Waals surface area (Å²) in [6, 6.07) is 116. The average molecular weight is 1080 g/mol. The summed E-state index contributed by atoms with van der Waals surface area (Å²) in [5.74, 6) is 0. The molecule has 1 aliphatic carbocycles. The molecular formula is C79H65N5. The minimum absolute atomic E-state index is 0.240. The Balaban J connectivity index is 0.769. The first-order valence-corrected chi connectivity index (χ1v) is 29.2. The highest BCUT2D eigenvalue weighted by molar-refractivity contribution is 5.85. The van der Waals surface area contributed by atoms with Crippen molar-refractivity contribution in [3.05, 3.63) is 339 Å². The molecule has 0 aromatic heterocycles. The van der Waals surface area contributed by atoms with Crippen LogP contribution in [0.25, 0.3) is 22.3 Å². The summed E-state index contributed by atoms with van der Waals surface area (Å²) < 4.78 is 0. The zero-order valence-corrected chi connectivity index (χ0v) is 47.2. The van der Waals surface area contributed by atoms with Crippen molar-refractivity contribution >= 4 is 79.6 Å². The van der Waals surface area contributed by atoms with Crippen molar-refractivity contribution in [2.75, 3.05) is 24.5 Å². The second-order valence-corrected chi connectivity index (χ2v) is 21.4. The van der Waals surface area contributed by atoms with Crippen molar-refractivity contribution < 1.29 is 0 Å². The van der Waals surface area contributed by atoms with Crippen molar-refractivity contribution in [3.63, 3.8) is 0 Å². The summed E-state index contributed by atoms with van der Waals surface area (Å²) in [5, 5.41) is 0. The molecule has 0 fully saturated rings. The van der Waals surface area contributed by atoms with Gasteiger partial charge in [0.2, 0.25) is 0 Å². The van der Waals surface area contributed by atoms with Crippen LogP contribution in [0.3, 0.4) is 0 Å². The highest BCUT2D eigenvalue weighted by Gasteiger charge is 2.23. The molecule has 1 atom stereocenters. The molecule has 0 aliphatic heterocycles. The van der Waals surface area contributed by atoms with Gasteiger partial charge in [0.1, 0.15) is 0 Å². The standard InChI is InChI=1S/C79H65N5/c1-60-32-42-71(43-33-60)84(78-56-52-76(53-57-78)82(69-28-16-6-17-29-69)74-48-38-63(39-49-74)61-34-44-72(45-35-61)80(65-20-8-2-9-21-65)66-22-10-3-11-23-66)79-58-54-77(55-59-79)83(70-30-18-7-19-31-70)75-50-40-64(41-51-75)62-36-46-73(47-37-62)81(67-24-12-4-13-25-67)68-26-14-5-15-27-68/h2-6,8-18,20-30,32-59,70H,7,19,31H2,1H3. The maximum Gasteiger partial charge on any atom is 0.0522 e. The number of hydrogen-bond acceptors (Lipinski definition) is 5. The Morgan fingerprint density at radius 1 is 0.238 bits per heavy atom. The van der Waals surface area contributed by atoms with Gasteiger partial charge in [-0.15, -0.1) is 0 Å². The van der Waals surface area contributed by atoms with Crippen LogP contribution in [0.1, 0.15) is 24.8 Å². The Morgan fingerprint density at radius 2 is 0.452 bits per heavy atom. The van der Waals surface area contributed by atoms with Gasteiger partial charge in [0.15, 0.2) is 0 Å². The molecule has 1 unspecified atom stereocenters. The Labute approximate surface area is 495 Å². The summed E-state index contributed by atoms with van der Waals surface area (Å²) >= 11 is 0. The minimum Gasteiger partial charge on any atom is -0.335 e. The van der Waals surface area contributed by atoms with Gasteiger partial charge in [0, 0.05) is 79.6 Å². The zero-order chi connectivity index (χ0) is 56.4. The molecule has 84 heavy (non-hydrogen) atoms. The molecule has 406 valence electrons.